The average Bonchev–Trinajstić information content (AvgIpc) is 2.40. The van der Waals surface area contributed by atoms with Crippen LogP contribution < -0.4 is 5.32 Å². The van der Waals surface area contributed by atoms with Crippen LogP contribution in [0.25, 0.3) is 0 Å². The molecule has 0 radical (unpaired) electrons. The van der Waals surface area contributed by atoms with Crippen LogP contribution in [0.3, 0.4) is 0 Å². The van der Waals surface area contributed by atoms with Crippen molar-refractivity contribution in [2.75, 3.05) is 53.8 Å². The van der Waals surface area contributed by atoms with E-state index in [1.807, 2.05) is 14.0 Å². The van der Waals surface area contributed by atoms with Crippen molar-refractivity contribution in [2.24, 2.45) is 0 Å². The molecule has 0 aliphatic carbocycles. The summed E-state index contributed by atoms with van der Waals surface area (Å²) in [6.45, 7) is 5.58. The van der Waals surface area contributed by atoms with Crippen LogP contribution in [0.2, 0.25) is 0 Å². The van der Waals surface area contributed by atoms with Gasteiger partial charge in [-0.1, -0.05) is 0 Å². The van der Waals surface area contributed by atoms with Crippen LogP contribution in [0.5, 0.6) is 0 Å². The second-order valence-electron chi connectivity index (χ2n) is 4.64. The number of methoxy groups -OCH3 is 1. The van der Waals surface area contributed by atoms with Gasteiger partial charge in [-0.2, -0.15) is 0 Å². The molecule has 0 amide bonds. The van der Waals surface area contributed by atoms with E-state index in [2.05, 4.69) is 5.32 Å². The van der Waals surface area contributed by atoms with Gasteiger partial charge in [-0.25, -0.2) is 0 Å². The van der Waals surface area contributed by atoms with Crippen LogP contribution in [0, 0.1) is 0 Å². The van der Waals surface area contributed by atoms with Gasteiger partial charge in [0, 0.05) is 32.5 Å². The van der Waals surface area contributed by atoms with E-state index in [1.165, 1.54) is 0 Å². The zero-order valence-corrected chi connectivity index (χ0v) is 12.0. The molecule has 18 heavy (non-hydrogen) atoms. The summed E-state index contributed by atoms with van der Waals surface area (Å²) in [6, 6.07) is 0. The van der Waals surface area contributed by atoms with Gasteiger partial charge in [-0.15, -0.1) is 0 Å². The van der Waals surface area contributed by atoms with Gasteiger partial charge in [-0.3, -0.25) is 0 Å². The summed E-state index contributed by atoms with van der Waals surface area (Å²) in [5.41, 5.74) is -0.194. The number of ether oxygens (including phenoxy) is 3. The van der Waals surface area contributed by atoms with Crippen molar-refractivity contribution in [1.82, 2.24) is 5.32 Å². The highest BCUT2D eigenvalue weighted by Crippen LogP contribution is 2.10. The molecular formula is C13H29NO4. The van der Waals surface area contributed by atoms with E-state index in [4.69, 9.17) is 14.2 Å². The van der Waals surface area contributed by atoms with Gasteiger partial charge in [0.25, 0.3) is 0 Å². The third kappa shape index (κ3) is 9.79. The van der Waals surface area contributed by atoms with Crippen molar-refractivity contribution < 1.29 is 19.3 Å². The summed E-state index contributed by atoms with van der Waals surface area (Å²) < 4.78 is 15.7. The lowest BCUT2D eigenvalue weighted by Gasteiger charge is -2.26. The zero-order chi connectivity index (χ0) is 13.7. The van der Waals surface area contributed by atoms with Crippen LogP contribution in [0.1, 0.15) is 26.2 Å². The highest BCUT2D eigenvalue weighted by Gasteiger charge is 2.19. The number of hydrogen-bond acceptors (Lipinski definition) is 5. The third-order valence-corrected chi connectivity index (χ3v) is 2.98. The van der Waals surface area contributed by atoms with E-state index in [9.17, 15) is 5.11 Å². The van der Waals surface area contributed by atoms with Crippen molar-refractivity contribution in [3.05, 3.63) is 0 Å². The number of nitrogens with one attached hydrogen (secondary N) is 1. The fourth-order valence-electron chi connectivity index (χ4n) is 1.47. The van der Waals surface area contributed by atoms with Gasteiger partial charge < -0.3 is 24.6 Å². The van der Waals surface area contributed by atoms with Crippen molar-refractivity contribution in [1.29, 1.82) is 0 Å². The summed E-state index contributed by atoms with van der Waals surface area (Å²) >= 11 is 0. The third-order valence-electron chi connectivity index (χ3n) is 2.98. The Morgan fingerprint density at radius 1 is 1.00 bits per heavy atom. The van der Waals surface area contributed by atoms with E-state index >= 15 is 0 Å². The first kappa shape index (κ1) is 17.8. The van der Waals surface area contributed by atoms with Crippen molar-refractivity contribution >= 4 is 0 Å². The van der Waals surface area contributed by atoms with Gasteiger partial charge in [0.2, 0.25) is 0 Å². The fraction of sp³-hybridized carbons (Fsp3) is 1.00. The molecule has 0 aromatic carbocycles. The molecule has 0 bridgehead atoms. The molecule has 5 nitrogen and oxygen atoms in total. The summed E-state index contributed by atoms with van der Waals surface area (Å²) in [6.07, 6.45) is 2.75. The summed E-state index contributed by atoms with van der Waals surface area (Å²) in [7, 11) is 3.55. The Morgan fingerprint density at radius 2 is 1.61 bits per heavy atom. The Kier molecular flexibility index (Phi) is 11.7. The Balaban J connectivity index is 3.21. The van der Waals surface area contributed by atoms with E-state index in [0.717, 1.165) is 32.5 Å². The van der Waals surface area contributed by atoms with Crippen molar-refractivity contribution in [3.8, 4) is 0 Å². The molecule has 1 atom stereocenters. The van der Waals surface area contributed by atoms with E-state index in [0.29, 0.717) is 19.8 Å². The maximum Gasteiger partial charge on any atom is 0.0700 e. The van der Waals surface area contributed by atoms with Gasteiger partial charge in [0.05, 0.1) is 19.8 Å². The average molecular weight is 263 g/mol. The number of hydrogen-bond donors (Lipinski definition) is 2. The molecule has 0 aromatic heterocycles. The highest BCUT2D eigenvalue weighted by atomic mass is 16.5. The van der Waals surface area contributed by atoms with Crippen LogP contribution in [0.15, 0.2) is 0 Å². The predicted octanol–water partition coefficient (Wildman–Crippen LogP) is 0.807. The second-order valence-corrected chi connectivity index (χ2v) is 4.64. The van der Waals surface area contributed by atoms with Crippen molar-refractivity contribution in [3.63, 3.8) is 0 Å². The number of rotatable bonds is 13. The standard InChI is InChI=1S/C13H29NO4/c1-13(12-15,14-2)6-4-8-17-10-11-18-9-5-7-16-3/h14-15H,4-12H2,1-3H3. The van der Waals surface area contributed by atoms with Crippen LogP contribution in [0.4, 0.5) is 0 Å². The molecule has 1 unspecified atom stereocenters. The molecule has 0 rings (SSSR count). The largest absolute Gasteiger partial charge is 0.394 e. The smallest absolute Gasteiger partial charge is 0.0700 e. The number of aliphatic hydroxyl groups is 1. The first-order valence-corrected chi connectivity index (χ1v) is 6.62. The Hall–Kier alpha value is -0.200. The van der Waals surface area contributed by atoms with Crippen LogP contribution in [-0.4, -0.2) is 64.4 Å². The fourth-order valence-corrected chi connectivity index (χ4v) is 1.47. The monoisotopic (exact) mass is 263 g/mol. The summed E-state index contributed by atoms with van der Waals surface area (Å²) in [5, 5.41) is 12.3. The van der Waals surface area contributed by atoms with Gasteiger partial charge in [0.15, 0.2) is 0 Å². The molecule has 0 saturated carbocycles. The molecule has 0 aliphatic heterocycles. The molecule has 2 N–H and O–H groups in total. The normalized spacial score (nSPS) is 14.7. The minimum atomic E-state index is -0.194. The molecule has 0 aliphatic rings. The minimum absolute atomic E-state index is 0.145. The maximum atomic E-state index is 9.20. The van der Waals surface area contributed by atoms with E-state index in [-0.39, 0.29) is 12.1 Å². The Labute approximate surface area is 111 Å². The maximum absolute atomic E-state index is 9.20. The first-order chi connectivity index (χ1) is 8.68. The highest BCUT2D eigenvalue weighted by molar-refractivity contribution is 4.79. The van der Waals surface area contributed by atoms with Gasteiger partial charge in [-0.05, 0) is 33.2 Å². The molecule has 5 heteroatoms. The Bertz CT molecular complexity index is 174. The molecule has 0 aromatic rings. The molecule has 0 heterocycles. The second kappa shape index (κ2) is 11.9. The molecule has 0 fully saturated rings. The van der Waals surface area contributed by atoms with E-state index in [1.54, 1.807) is 7.11 Å². The zero-order valence-electron chi connectivity index (χ0n) is 12.0. The number of likely N-dealkylation sites (N-methyl/N-ethyl adjacent to an activating group) is 1. The van der Waals surface area contributed by atoms with Crippen molar-refractivity contribution in [2.45, 2.75) is 31.7 Å². The lowest BCUT2D eigenvalue weighted by Crippen LogP contribution is -2.43. The Morgan fingerprint density at radius 3 is 2.11 bits per heavy atom. The van der Waals surface area contributed by atoms with Crippen LogP contribution >= 0.6 is 0 Å². The topological polar surface area (TPSA) is 60.0 Å². The molecule has 110 valence electrons. The quantitative estimate of drug-likeness (QED) is 0.482. The first-order valence-electron chi connectivity index (χ1n) is 6.62. The summed E-state index contributed by atoms with van der Waals surface area (Å²) in [4.78, 5) is 0. The van der Waals surface area contributed by atoms with E-state index < -0.39 is 0 Å². The van der Waals surface area contributed by atoms with Crippen LogP contribution in [-0.2, 0) is 14.2 Å². The lowest BCUT2D eigenvalue weighted by molar-refractivity contribution is 0.0361. The van der Waals surface area contributed by atoms with Gasteiger partial charge >= 0.3 is 0 Å². The number of aliphatic hydroxyl groups excluding tert-OH is 1. The predicted molar refractivity (Wildman–Crippen MR) is 71.9 cm³/mol. The SMILES string of the molecule is CNC(C)(CO)CCCOCCOCCCOC. The molecule has 0 spiro atoms. The minimum Gasteiger partial charge on any atom is -0.394 e. The summed E-state index contributed by atoms with van der Waals surface area (Å²) in [5.74, 6) is 0. The lowest BCUT2D eigenvalue weighted by atomic mass is 9.97. The van der Waals surface area contributed by atoms with Gasteiger partial charge in [0.1, 0.15) is 0 Å². The molecular weight excluding hydrogens is 234 g/mol. The molecule has 0 saturated heterocycles.